The molecule has 24 heavy (non-hydrogen) atoms. The molecule has 1 aliphatic rings. The fraction of sp³-hybridized carbons (Fsp3) is 0.556. The predicted octanol–water partition coefficient (Wildman–Crippen LogP) is 3.60. The third-order valence-corrected chi connectivity index (χ3v) is 5.50. The minimum absolute atomic E-state index is 0.190. The Balaban J connectivity index is 1.72. The maximum Gasteiger partial charge on any atom is 0.410 e. The van der Waals surface area contributed by atoms with E-state index >= 15 is 0 Å². The van der Waals surface area contributed by atoms with Crippen LogP contribution in [-0.4, -0.2) is 41.2 Å². The van der Waals surface area contributed by atoms with Crippen molar-refractivity contribution in [3.63, 3.8) is 0 Å². The molecule has 1 aliphatic heterocycles. The summed E-state index contributed by atoms with van der Waals surface area (Å²) >= 11 is 1.71. The van der Waals surface area contributed by atoms with Crippen LogP contribution in [0.5, 0.6) is 0 Å². The maximum absolute atomic E-state index is 12.3. The molecule has 2 atom stereocenters. The van der Waals surface area contributed by atoms with E-state index < -0.39 is 5.60 Å². The molecule has 3 rings (SSSR count). The summed E-state index contributed by atoms with van der Waals surface area (Å²) in [5, 5.41) is 1.08. The Labute approximate surface area is 146 Å². The Kier molecular flexibility index (Phi) is 4.78. The highest BCUT2D eigenvalue weighted by Crippen LogP contribution is 2.36. The second kappa shape index (κ2) is 6.69. The van der Waals surface area contributed by atoms with Gasteiger partial charge in [0.1, 0.15) is 5.60 Å². The number of nitrogens with two attached hydrogens (primary N) is 1. The molecule has 2 N–H and O–H groups in total. The molecule has 0 bridgehead atoms. The number of hydrogen-bond donors (Lipinski definition) is 1. The average Bonchev–Trinajstić information content (AvgIpc) is 3.13. The van der Waals surface area contributed by atoms with Crippen molar-refractivity contribution in [2.45, 2.75) is 38.7 Å². The van der Waals surface area contributed by atoms with Crippen molar-refractivity contribution in [1.82, 2.24) is 9.88 Å². The molecule has 1 aromatic heterocycles. The molecule has 2 aromatic rings. The Hall–Kier alpha value is -1.66. The van der Waals surface area contributed by atoms with Gasteiger partial charge in [0, 0.05) is 25.6 Å². The van der Waals surface area contributed by atoms with Gasteiger partial charge in [0.05, 0.1) is 15.2 Å². The number of fused-ring (bicyclic) bond motifs is 1. The highest BCUT2D eigenvalue weighted by Gasteiger charge is 2.35. The Bertz CT molecular complexity index is 689. The minimum Gasteiger partial charge on any atom is -0.444 e. The summed E-state index contributed by atoms with van der Waals surface area (Å²) in [6.45, 7) is 7.63. The van der Waals surface area contributed by atoms with Gasteiger partial charge in [-0.2, -0.15) is 0 Å². The number of hydrogen-bond acceptors (Lipinski definition) is 5. The molecular weight excluding hydrogens is 322 g/mol. The monoisotopic (exact) mass is 347 g/mol. The van der Waals surface area contributed by atoms with Gasteiger partial charge < -0.3 is 15.4 Å². The van der Waals surface area contributed by atoms with Gasteiger partial charge in [-0.15, -0.1) is 11.3 Å². The van der Waals surface area contributed by atoms with Gasteiger partial charge in [0.25, 0.3) is 0 Å². The van der Waals surface area contributed by atoms with Gasteiger partial charge in [-0.3, -0.25) is 0 Å². The maximum atomic E-state index is 12.3. The van der Waals surface area contributed by atoms with Crippen LogP contribution >= 0.6 is 11.3 Å². The molecule has 0 radical (unpaired) electrons. The van der Waals surface area contributed by atoms with Crippen molar-refractivity contribution in [2.24, 2.45) is 11.7 Å². The molecule has 1 amide bonds. The molecule has 5 nitrogen and oxygen atoms in total. The van der Waals surface area contributed by atoms with Crippen molar-refractivity contribution in [3.05, 3.63) is 29.3 Å². The van der Waals surface area contributed by atoms with Crippen molar-refractivity contribution in [1.29, 1.82) is 0 Å². The van der Waals surface area contributed by atoms with Gasteiger partial charge in [-0.05, 0) is 45.2 Å². The molecule has 0 aliphatic carbocycles. The van der Waals surface area contributed by atoms with Gasteiger partial charge in [-0.1, -0.05) is 12.1 Å². The smallest absolute Gasteiger partial charge is 0.410 e. The van der Waals surface area contributed by atoms with Crippen LogP contribution in [0.15, 0.2) is 24.3 Å². The molecule has 0 spiro atoms. The lowest BCUT2D eigenvalue weighted by atomic mass is 9.92. The predicted molar refractivity (Wildman–Crippen MR) is 97.3 cm³/mol. The van der Waals surface area contributed by atoms with Crippen molar-refractivity contribution in [2.75, 3.05) is 19.6 Å². The lowest BCUT2D eigenvalue weighted by Crippen LogP contribution is -2.36. The first-order valence-corrected chi connectivity index (χ1v) is 9.22. The van der Waals surface area contributed by atoms with Crippen molar-refractivity contribution < 1.29 is 9.53 Å². The molecule has 0 saturated carbocycles. The fourth-order valence-corrected chi connectivity index (χ4v) is 4.33. The summed E-state index contributed by atoms with van der Waals surface area (Å²) in [6.07, 6.45) is 0.710. The second-order valence-electron chi connectivity index (χ2n) is 7.34. The summed E-state index contributed by atoms with van der Waals surface area (Å²) in [7, 11) is 0. The summed E-state index contributed by atoms with van der Waals surface area (Å²) in [5.74, 6) is 0.526. The summed E-state index contributed by atoms with van der Waals surface area (Å²) in [6, 6.07) is 8.15. The van der Waals surface area contributed by atoms with Gasteiger partial charge >= 0.3 is 6.09 Å². The van der Waals surface area contributed by atoms with E-state index in [2.05, 4.69) is 6.07 Å². The third kappa shape index (κ3) is 3.70. The van der Waals surface area contributed by atoms with Gasteiger partial charge in [0.2, 0.25) is 0 Å². The van der Waals surface area contributed by atoms with E-state index in [9.17, 15) is 4.79 Å². The number of ether oxygens (including phenoxy) is 1. The summed E-state index contributed by atoms with van der Waals surface area (Å²) < 4.78 is 6.67. The van der Waals surface area contributed by atoms with Crippen LogP contribution < -0.4 is 5.73 Å². The highest BCUT2D eigenvalue weighted by molar-refractivity contribution is 7.18. The lowest BCUT2D eigenvalue weighted by molar-refractivity contribution is 0.0286. The van der Waals surface area contributed by atoms with Crippen LogP contribution in [0.2, 0.25) is 0 Å². The zero-order valence-electron chi connectivity index (χ0n) is 14.5. The van der Waals surface area contributed by atoms with E-state index in [1.165, 1.54) is 4.70 Å². The van der Waals surface area contributed by atoms with Gasteiger partial charge in [0.15, 0.2) is 0 Å². The largest absolute Gasteiger partial charge is 0.444 e. The zero-order chi connectivity index (χ0) is 17.3. The minimum atomic E-state index is -0.463. The topological polar surface area (TPSA) is 68.5 Å². The SMILES string of the molecule is CC(C)(C)OC(=O)N1CCC(C(CN)c2nc3ccccc3s2)C1. The van der Waals surface area contributed by atoms with E-state index in [0.717, 1.165) is 23.5 Å². The standard InChI is InChI=1S/C18H25N3O2S/c1-18(2,3)23-17(22)21-9-8-12(11-21)13(10-19)16-20-14-6-4-5-7-15(14)24-16/h4-7,12-13H,8-11,19H2,1-3H3. The van der Waals surface area contributed by atoms with Gasteiger partial charge in [-0.25, -0.2) is 9.78 Å². The van der Waals surface area contributed by atoms with E-state index in [1.54, 1.807) is 16.2 Å². The number of likely N-dealkylation sites (tertiary alicyclic amines) is 1. The van der Waals surface area contributed by atoms with Crippen molar-refractivity contribution >= 4 is 27.6 Å². The summed E-state index contributed by atoms with van der Waals surface area (Å²) in [5.41, 5.74) is 6.62. The van der Waals surface area contributed by atoms with Crippen molar-refractivity contribution in [3.8, 4) is 0 Å². The van der Waals surface area contributed by atoms with E-state index in [1.807, 2.05) is 39.0 Å². The van der Waals surface area contributed by atoms with E-state index in [0.29, 0.717) is 19.0 Å². The Morgan fingerprint density at radius 1 is 1.46 bits per heavy atom. The molecule has 6 heteroatoms. The first-order chi connectivity index (χ1) is 11.4. The van der Waals surface area contributed by atoms with Crippen LogP contribution in [0.1, 0.15) is 38.1 Å². The zero-order valence-corrected chi connectivity index (χ0v) is 15.3. The number of para-hydroxylation sites is 1. The normalized spacial score (nSPS) is 19.7. The Morgan fingerprint density at radius 3 is 2.88 bits per heavy atom. The fourth-order valence-electron chi connectivity index (χ4n) is 3.15. The van der Waals surface area contributed by atoms with E-state index in [4.69, 9.17) is 15.5 Å². The summed E-state index contributed by atoms with van der Waals surface area (Å²) in [4.78, 5) is 18.8. The molecule has 2 unspecified atom stereocenters. The quantitative estimate of drug-likeness (QED) is 0.921. The molecule has 1 fully saturated rings. The number of carbonyl (C=O) groups is 1. The van der Waals surface area contributed by atoms with Crippen LogP contribution in [0.4, 0.5) is 4.79 Å². The number of amides is 1. The van der Waals surface area contributed by atoms with Crippen LogP contribution in [0, 0.1) is 5.92 Å². The Morgan fingerprint density at radius 2 is 2.21 bits per heavy atom. The molecular formula is C18H25N3O2S. The molecule has 1 saturated heterocycles. The number of thiazole rings is 1. The number of rotatable bonds is 3. The lowest BCUT2D eigenvalue weighted by Gasteiger charge is -2.25. The van der Waals surface area contributed by atoms with E-state index in [-0.39, 0.29) is 12.0 Å². The third-order valence-electron chi connectivity index (χ3n) is 4.33. The highest BCUT2D eigenvalue weighted by atomic mass is 32.1. The first-order valence-electron chi connectivity index (χ1n) is 8.41. The number of carbonyl (C=O) groups excluding carboxylic acids is 1. The number of nitrogens with zero attached hydrogens (tertiary/aromatic N) is 2. The molecule has 1 aromatic carbocycles. The molecule has 2 heterocycles. The van der Waals surface area contributed by atoms with Crippen LogP contribution in [0.25, 0.3) is 10.2 Å². The number of aromatic nitrogens is 1. The second-order valence-corrected chi connectivity index (χ2v) is 8.40. The average molecular weight is 347 g/mol. The van der Waals surface area contributed by atoms with Crippen LogP contribution in [0.3, 0.4) is 0 Å². The number of benzene rings is 1. The molecule has 130 valence electrons. The first kappa shape index (κ1) is 17.2. The van der Waals surface area contributed by atoms with Crippen LogP contribution in [-0.2, 0) is 4.74 Å².